The number of hydrogen-bond donors (Lipinski definition) is 1. The van der Waals surface area contributed by atoms with E-state index >= 15 is 0 Å². The fourth-order valence-electron chi connectivity index (χ4n) is 3.02. The van der Waals surface area contributed by atoms with Gasteiger partial charge < -0.3 is 19.5 Å². The molecular formula is C27H22BrIN2O5. The van der Waals surface area contributed by atoms with Crippen LogP contribution in [0.3, 0.4) is 0 Å². The molecule has 0 aliphatic heterocycles. The molecule has 0 aliphatic rings. The lowest BCUT2D eigenvalue weighted by Crippen LogP contribution is -2.15. The molecule has 0 aromatic heterocycles. The molecule has 0 radical (unpaired) electrons. The van der Waals surface area contributed by atoms with Gasteiger partial charge in [-0.05, 0) is 99.0 Å². The Morgan fingerprint density at radius 1 is 1.08 bits per heavy atom. The summed E-state index contributed by atoms with van der Waals surface area (Å²) in [6.07, 6.45) is 1.48. The lowest BCUT2D eigenvalue weighted by Gasteiger charge is -2.11. The van der Waals surface area contributed by atoms with Crippen LogP contribution in [0.4, 0.5) is 5.69 Å². The van der Waals surface area contributed by atoms with E-state index in [1.165, 1.54) is 6.08 Å². The van der Waals surface area contributed by atoms with E-state index in [0.717, 1.165) is 5.56 Å². The predicted molar refractivity (Wildman–Crippen MR) is 148 cm³/mol. The van der Waals surface area contributed by atoms with Gasteiger partial charge in [0.2, 0.25) is 0 Å². The van der Waals surface area contributed by atoms with E-state index in [9.17, 15) is 14.9 Å². The van der Waals surface area contributed by atoms with Crippen LogP contribution in [-0.2, 0) is 20.9 Å². The van der Waals surface area contributed by atoms with E-state index in [4.69, 9.17) is 14.2 Å². The number of nitrogens with zero attached hydrogens (tertiary/aromatic N) is 1. The summed E-state index contributed by atoms with van der Waals surface area (Å²) in [5.74, 6) is 0.128. The zero-order valence-electron chi connectivity index (χ0n) is 19.3. The van der Waals surface area contributed by atoms with Crippen LogP contribution in [0.5, 0.6) is 11.5 Å². The maximum atomic E-state index is 12.7. The number of nitrogens with one attached hydrogen (secondary N) is 1. The van der Waals surface area contributed by atoms with Crippen molar-refractivity contribution in [3.05, 3.63) is 91.5 Å². The fourth-order valence-corrected chi connectivity index (χ4v) is 4.79. The van der Waals surface area contributed by atoms with Gasteiger partial charge in [0.1, 0.15) is 29.7 Å². The summed E-state index contributed by atoms with van der Waals surface area (Å²) in [5.41, 5.74) is 2.14. The number of esters is 1. The lowest BCUT2D eigenvalue weighted by atomic mass is 10.1. The third-order valence-corrected chi connectivity index (χ3v) is 6.09. The summed E-state index contributed by atoms with van der Waals surface area (Å²) in [7, 11) is 0. The van der Waals surface area contributed by atoms with E-state index in [0.29, 0.717) is 37.4 Å². The minimum atomic E-state index is -0.538. The highest BCUT2D eigenvalue weighted by atomic mass is 127. The average Bonchev–Trinajstić information content (AvgIpc) is 2.87. The molecular weight excluding hydrogens is 639 g/mol. The maximum absolute atomic E-state index is 12.7. The van der Waals surface area contributed by atoms with Crippen molar-refractivity contribution in [2.45, 2.75) is 13.5 Å². The van der Waals surface area contributed by atoms with Gasteiger partial charge >= 0.3 is 5.97 Å². The van der Waals surface area contributed by atoms with Crippen LogP contribution in [-0.4, -0.2) is 25.1 Å². The molecule has 3 aromatic rings. The SMILES string of the molecule is CCOC(=O)COc1c(Br)cc(/C=C(\C#N)C(=O)Nc2ccc(OCc3ccccc3)cc2)cc1I. The van der Waals surface area contributed by atoms with Gasteiger partial charge in [-0.25, -0.2) is 4.79 Å². The molecule has 7 nitrogen and oxygen atoms in total. The number of hydrogen-bond acceptors (Lipinski definition) is 6. The van der Waals surface area contributed by atoms with Crippen molar-refractivity contribution >= 4 is 62.2 Å². The Balaban J connectivity index is 1.64. The number of benzene rings is 3. The van der Waals surface area contributed by atoms with Gasteiger partial charge in [0, 0.05) is 5.69 Å². The number of ether oxygens (including phenoxy) is 3. The third kappa shape index (κ3) is 8.10. The quantitative estimate of drug-likeness (QED) is 0.122. The molecule has 0 unspecified atom stereocenters. The molecule has 9 heteroatoms. The smallest absolute Gasteiger partial charge is 0.344 e. The molecule has 1 N–H and O–H groups in total. The molecule has 0 aliphatic carbocycles. The lowest BCUT2D eigenvalue weighted by molar-refractivity contribution is -0.145. The number of carbonyl (C=O) groups is 2. The molecule has 0 fully saturated rings. The third-order valence-electron chi connectivity index (χ3n) is 4.70. The molecule has 0 atom stereocenters. The first kappa shape index (κ1) is 27.2. The Morgan fingerprint density at radius 2 is 1.81 bits per heavy atom. The first-order chi connectivity index (χ1) is 17.4. The zero-order chi connectivity index (χ0) is 25.9. The van der Waals surface area contributed by atoms with Gasteiger partial charge in [0.25, 0.3) is 5.91 Å². The first-order valence-corrected chi connectivity index (χ1v) is 12.7. The highest BCUT2D eigenvalue weighted by Crippen LogP contribution is 2.33. The van der Waals surface area contributed by atoms with Gasteiger partial charge in [0.05, 0.1) is 14.6 Å². The van der Waals surface area contributed by atoms with Crippen LogP contribution in [0.15, 0.2) is 76.8 Å². The summed E-state index contributed by atoms with van der Waals surface area (Å²) < 4.78 is 17.4. The van der Waals surface area contributed by atoms with E-state index < -0.39 is 11.9 Å². The highest BCUT2D eigenvalue weighted by molar-refractivity contribution is 14.1. The van der Waals surface area contributed by atoms with Gasteiger partial charge in [-0.15, -0.1) is 0 Å². The molecule has 3 aromatic carbocycles. The van der Waals surface area contributed by atoms with Crippen molar-refractivity contribution in [3.8, 4) is 17.6 Å². The largest absolute Gasteiger partial charge is 0.489 e. The second kappa shape index (κ2) is 13.7. The first-order valence-electron chi connectivity index (χ1n) is 10.9. The van der Waals surface area contributed by atoms with Gasteiger partial charge in [0.15, 0.2) is 6.61 Å². The summed E-state index contributed by atoms with van der Waals surface area (Å²) in [6, 6.07) is 22.1. The number of rotatable bonds is 10. The average molecular weight is 661 g/mol. The Morgan fingerprint density at radius 3 is 2.44 bits per heavy atom. The van der Waals surface area contributed by atoms with Crippen LogP contribution in [0, 0.1) is 14.9 Å². The second-order valence-electron chi connectivity index (χ2n) is 7.33. The predicted octanol–water partition coefficient (Wildman–Crippen LogP) is 6.12. The minimum absolute atomic E-state index is 0.0673. The number of carbonyl (C=O) groups excluding carboxylic acids is 2. The molecule has 0 spiro atoms. The molecule has 1 amide bonds. The monoisotopic (exact) mass is 660 g/mol. The Kier molecular flexibility index (Phi) is 10.3. The van der Waals surface area contributed by atoms with Crippen LogP contribution < -0.4 is 14.8 Å². The van der Waals surface area contributed by atoms with Crippen LogP contribution in [0.2, 0.25) is 0 Å². The molecule has 0 bridgehead atoms. The maximum Gasteiger partial charge on any atom is 0.344 e. The summed E-state index contributed by atoms with van der Waals surface area (Å²) in [6.45, 7) is 2.21. The Hall–Kier alpha value is -3.36. The molecule has 184 valence electrons. The number of nitriles is 1. The summed E-state index contributed by atoms with van der Waals surface area (Å²) in [5, 5.41) is 12.3. The second-order valence-corrected chi connectivity index (χ2v) is 9.35. The van der Waals surface area contributed by atoms with Gasteiger partial charge in [-0.1, -0.05) is 30.3 Å². The van der Waals surface area contributed by atoms with Crippen LogP contribution in [0.1, 0.15) is 18.1 Å². The van der Waals surface area contributed by atoms with E-state index in [2.05, 4.69) is 43.8 Å². The van der Waals surface area contributed by atoms with Crippen LogP contribution in [0.25, 0.3) is 6.08 Å². The fraction of sp³-hybridized carbons (Fsp3) is 0.148. The van der Waals surface area contributed by atoms with Crippen molar-refractivity contribution in [2.24, 2.45) is 0 Å². The highest BCUT2D eigenvalue weighted by Gasteiger charge is 2.14. The number of anilines is 1. The topological polar surface area (TPSA) is 97.7 Å². The normalized spacial score (nSPS) is 10.8. The number of halogens is 2. The Bertz CT molecular complexity index is 1260. The zero-order valence-corrected chi connectivity index (χ0v) is 23.0. The van der Waals surface area contributed by atoms with Crippen LogP contribution >= 0.6 is 38.5 Å². The summed E-state index contributed by atoms with van der Waals surface area (Å²) >= 11 is 5.47. The Labute approximate surface area is 231 Å². The van der Waals surface area contributed by atoms with E-state index in [1.54, 1.807) is 43.3 Å². The number of amides is 1. The van der Waals surface area contributed by atoms with Gasteiger partial charge in [-0.3, -0.25) is 4.79 Å². The molecule has 36 heavy (non-hydrogen) atoms. The molecule has 0 saturated carbocycles. The van der Waals surface area contributed by atoms with Crippen molar-refractivity contribution in [1.29, 1.82) is 5.26 Å². The molecule has 0 saturated heterocycles. The standard InChI is InChI=1S/C27H22BrIN2O5/c1-2-34-25(32)17-36-26-23(28)13-19(14-24(26)29)12-20(15-30)27(33)31-21-8-10-22(11-9-21)35-16-18-6-4-3-5-7-18/h3-14H,2,16-17H2,1H3,(H,31,33)/b20-12+. The van der Waals surface area contributed by atoms with Gasteiger partial charge in [-0.2, -0.15) is 5.26 Å². The minimum Gasteiger partial charge on any atom is -0.489 e. The molecule has 3 rings (SSSR count). The van der Waals surface area contributed by atoms with Crippen molar-refractivity contribution in [2.75, 3.05) is 18.5 Å². The van der Waals surface area contributed by atoms with Crippen molar-refractivity contribution in [1.82, 2.24) is 0 Å². The van der Waals surface area contributed by atoms with E-state index in [1.807, 2.05) is 36.4 Å². The molecule has 0 heterocycles. The van der Waals surface area contributed by atoms with E-state index in [-0.39, 0.29) is 18.8 Å². The summed E-state index contributed by atoms with van der Waals surface area (Å²) in [4.78, 5) is 24.3. The van der Waals surface area contributed by atoms with Crippen molar-refractivity contribution in [3.63, 3.8) is 0 Å². The van der Waals surface area contributed by atoms with Crippen molar-refractivity contribution < 1.29 is 23.8 Å².